The second kappa shape index (κ2) is 3.79. The normalized spacial score (nSPS) is 17.2. The van der Waals surface area contributed by atoms with E-state index in [9.17, 15) is 4.79 Å². The van der Waals surface area contributed by atoms with Gasteiger partial charge in [-0.1, -0.05) is 34.6 Å². The Kier molecular flexibility index (Phi) is 3.68. The molecule has 0 amide bonds. The number of hydrogen-bond acceptors (Lipinski definition) is 2. The first kappa shape index (κ1) is 12.6. The maximum absolute atomic E-state index is 11.9. The van der Waals surface area contributed by atoms with E-state index < -0.39 is 5.54 Å². The third-order valence-corrected chi connectivity index (χ3v) is 2.03. The van der Waals surface area contributed by atoms with Crippen LogP contribution in [0, 0.1) is 11.3 Å². The molecule has 0 aromatic carbocycles. The quantitative estimate of drug-likeness (QED) is 0.733. The van der Waals surface area contributed by atoms with Gasteiger partial charge in [-0.2, -0.15) is 0 Å². The number of ketones is 1. The third-order valence-electron chi connectivity index (χ3n) is 2.03. The Morgan fingerprint density at radius 1 is 1.23 bits per heavy atom. The van der Waals surface area contributed by atoms with Crippen LogP contribution in [0.5, 0.6) is 0 Å². The topological polar surface area (TPSA) is 43.1 Å². The highest BCUT2D eigenvalue weighted by Crippen LogP contribution is 2.25. The molecule has 13 heavy (non-hydrogen) atoms. The highest BCUT2D eigenvalue weighted by Gasteiger charge is 2.36. The van der Waals surface area contributed by atoms with Crippen molar-refractivity contribution in [1.29, 1.82) is 0 Å². The fraction of sp³-hybridized carbons (Fsp3) is 0.909. The summed E-state index contributed by atoms with van der Waals surface area (Å²) in [4.78, 5) is 11.9. The van der Waals surface area contributed by atoms with E-state index in [0.717, 1.165) is 6.42 Å². The molecule has 0 heterocycles. The van der Waals surface area contributed by atoms with E-state index in [0.29, 0.717) is 5.92 Å². The van der Waals surface area contributed by atoms with Crippen molar-refractivity contribution in [2.45, 2.75) is 53.5 Å². The van der Waals surface area contributed by atoms with Gasteiger partial charge in [0.05, 0.1) is 5.54 Å². The zero-order valence-corrected chi connectivity index (χ0v) is 9.77. The molecule has 0 saturated carbocycles. The van der Waals surface area contributed by atoms with Gasteiger partial charge in [-0.05, 0) is 19.3 Å². The molecule has 0 aliphatic carbocycles. The predicted molar refractivity (Wildman–Crippen MR) is 56.5 cm³/mol. The van der Waals surface area contributed by atoms with Crippen LogP contribution in [0.25, 0.3) is 0 Å². The smallest absolute Gasteiger partial charge is 0.157 e. The summed E-state index contributed by atoms with van der Waals surface area (Å²) in [6.07, 6.45) is 0.753. The second-order valence-corrected chi connectivity index (χ2v) is 5.59. The van der Waals surface area contributed by atoms with E-state index in [1.165, 1.54) is 0 Å². The molecule has 0 rings (SSSR count). The lowest BCUT2D eigenvalue weighted by molar-refractivity contribution is -0.131. The third kappa shape index (κ3) is 3.90. The van der Waals surface area contributed by atoms with Crippen molar-refractivity contribution in [3.63, 3.8) is 0 Å². The van der Waals surface area contributed by atoms with Crippen LogP contribution in [0.3, 0.4) is 0 Å². The summed E-state index contributed by atoms with van der Waals surface area (Å²) in [5.41, 5.74) is 4.99. The Morgan fingerprint density at radius 2 is 1.62 bits per heavy atom. The van der Waals surface area contributed by atoms with Crippen molar-refractivity contribution in [3.05, 3.63) is 0 Å². The predicted octanol–water partition coefficient (Wildman–Crippen LogP) is 2.37. The number of carbonyl (C=O) groups is 1. The second-order valence-electron chi connectivity index (χ2n) is 5.59. The largest absolute Gasteiger partial charge is 0.319 e. The molecule has 0 saturated heterocycles. The first-order chi connectivity index (χ1) is 5.57. The van der Waals surface area contributed by atoms with Crippen molar-refractivity contribution in [2.75, 3.05) is 0 Å². The van der Waals surface area contributed by atoms with Crippen molar-refractivity contribution >= 4 is 5.78 Å². The van der Waals surface area contributed by atoms with Gasteiger partial charge < -0.3 is 5.73 Å². The first-order valence-electron chi connectivity index (χ1n) is 4.91. The van der Waals surface area contributed by atoms with Crippen LogP contribution in [0.4, 0.5) is 0 Å². The van der Waals surface area contributed by atoms with Crippen LogP contribution in [0.2, 0.25) is 0 Å². The maximum Gasteiger partial charge on any atom is 0.157 e. The van der Waals surface area contributed by atoms with Crippen LogP contribution in [0.15, 0.2) is 0 Å². The number of hydrogen-bond donors (Lipinski definition) is 1. The van der Waals surface area contributed by atoms with Gasteiger partial charge in [0.25, 0.3) is 0 Å². The van der Waals surface area contributed by atoms with Crippen LogP contribution < -0.4 is 5.73 Å². The molecule has 78 valence electrons. The lowest BCUT2D eigenvalue weighted by atomic mass is 9.76. The van der Waals surface area contributed by atoms with Gasteiger partial charge in [0.15, 0.2) is 5.78 Å². The number of Topliss-reactive ketones (excluding diaryl/α,β-unsaturated/α-hetero) is 1. The molecule has 0 aromatic rings. The van der Waals surface area contributed by atoms with Gasteiger partial charge in [0, 0.05) is 5.41 Å². The molecule has 0 radical (unpaired) electrons. The molecule has 2 heteroatoms. The fourth-order valence-electron chi connectivity index (χ4n) is 1.80. The minimum absolute atomic E-state index is 0.147. The fourth-order valence-corrected chi connectivity index (χ4v) is 1.80. The SMILES string of the molecule is CC(C)C[C@](C)(N)C(=O)C(C)(C)C. The van der Waals surface area contributed by atoms with E-state index in [1.54, 1.807) is 0 Å². The lowest BCUT2D eigenvalue weighted by Gasteiger charge is -2.31. The van der Waals surface area contributed by atoms with E-state index >= 15 is 0 Å². The molecule has 0 bridgehead atoms. The van der Waals surface area contributed by atoms with Gasteiger partial charge in [-0.25, -0.2) is 0 Å². The van der Waals surface area contributed by atoms with Crippen LogP contribution in [-0.2, 0) is 4.79 Å². The minimum Gasteiger partial charge on any atom is -0.319 e. The molecule has 0 aromatic heterocycles. The molecule has 1 atom stereocenters. The Labute approximate surface area is 81.9 Å². The van der Waals surface area contributed by atoms with E-state index in [1.807, 2.05) is 27.7 Å². The van der Waals surface area contributed by atoms with Gasteiger partial charge in [-0.3, -0.25) is 4.79 Å². The summed E-state index contributed by atoms with van der Waals surface area (Å²) in [6, 6.07) is 0. The average Bonchev–Trinajstić information content (AvgIpc) is 1.80. The van der Waals surface area contributed by atoms with Crippen LogP contribution in [-0.4, -0.2) is 11.3 Å². The van der Waals surface area contributed by atoms with Crippen molar-refractivity contribution in [1.82, 2.24) is 0 Å². The molecule has 0 fully saturated rings. The Morgan fingerprint density at radius 3 is 1.85 bits per heavy atom. The summed E-state index contributed by atoms with van der Waals surface area (Å²) in [5.74, 6) is 0.606. The number of carbonyl (C=O) groups excluding carboxylic acids is 1. The standard InChI is InChI=1S/C11H23NO/c1-8(2)7-11(6,12)9(13)10(3,4)5/h8H,7,12H2,1-6H3/t11-/m0/s1. The molecular formula is C11H23NO. The first-order valence-corrected chi connectivity index (χ1v) is 4.91. The van der Waals surface area contributed by atoms with E-state index in [2.05, 4.69) is 13.8 Å². The number of rotatable bonds is 3. The van der Waals surface area contributed by atoms with Gasteiger partial charge in [-0.15, -0.1) is 0 Å². The molecule has 2 nitrogen and oxygen atoms in total. The monoisotopic (exact) mass is 185 g/mol. The van der Waals surface area contributed by atoms with Gasteiger partial charge in [0.1, 0.15) is 0 Å². The molecule has 2 N–H and O–H groups in total. The zero-order chi connectivity index (χ0) is 10.9. The van der Waals surface area contributed by atoms with Crippen molar-refractivity contribution in [2.24, 2.45) is 17.1 Å². The highest BCUT2D eigenvalue weighted by molar-refractivity contribution is 5.92. The summed E-state index contributed by atoms with van der Waals surface area (Å²) in [6.45, 7) is 11.8. The summed E-state index contributed by atoms with van der Waals surface area (Å²) in [7, 11) is 0. The minimum atomic E-state index is -0.674. The maximum atomic E-state index is 11.9. The summed E-state index contributed by atoms with van der Waals surface area (Å²) < 4.78 is 0. The van der Waals surface area contributed by atoms with E-state index in [4.69, 9.17) is 5.73 Å². The molecule has 0 aliphatic rings. The average molecular weight is 185 g/mol. The molecule has 0 aliphatic heterocycles. The molecular weight excluding hydrogens is 162 g/mol. The van der Waals surface area contributed by atoms with Crippen LogP contribution in [0.1, 0.15) is 48.0 Å². The van der Waals surface area contributed by atoms with Crippen molar-refractivity contribution in [3.8, 4) is 0 Å². The molecule has 0 unspecified atom stereocenters. The van der Waals surface area contributed by atoms with Crippen LogP contribution >= 0.6 is 0 Å². The number of nitrogens with two attached hydrogens (primary N) is 1. The van der Waals surface area contributed by atoms with Gasteiger partial charge >= 0.3 is 0 Å². The lowest BCUT2D eigenvalue weighted by Crippen LogP contribution is -2.51. The Bertz CT molecular complexity index is 187. The van der Waals surface area contributed by atoms with Crippen molar-refractivity contribution < 1.29 is 4.79 Å². The molecule has 0 spiro atoms. The highest BCUT2D eigenvalue weighted by atomic mass is 16.1. The van der Waals surface area contributed by atoms with Gasteiger partial charge in [0.2, 0.25) is 0 Å². The Hall–Kier alpha value is -0.370. The Balaban J connectivity index is 4.55. The zero-order valence-electron chi connectivity index (χ0n) is 9.77. The summed E-state index contributed by atoms with van der Waals surface area (Å²) in [5, 5.41) is 0. The summed E-state index contributed by atoms with van der Waals surface area (Å²) >= 11 is 0. The van der Waals surface area contributed by atoms with E-state index in [-0.39, 0.29) is 11.2 Å².